The quantitative estimate of drug-likeness (QED) is 0.605. The SMILES string of the molecule is CN(Cc1ccccn1)Cc1nnsc1NN. The molecule has 0 saturated heterocycles. The van der Waals surface area contributed by atoms with E-state index in [4.69, 9.17) is 5.84 Å². The lowest BCUT2D eigenvalue weighted by Crippen LogP contribution is -2.19. The van der Waals surface area contributed by atoms with Crippen LogP contribution in [-0.4, -0.2) is 26.5 Å². The summed E-state index contributed by atoms with van der Waals surface area (Å²) in [5.41, 5.74) is 4.48. The third-order valence-electron chi connectivity index (χ3n) is 2.26. The zero-order valence-electron chi connectivity index (χ0n) is 9.50. The van der Waals surface area contributed by atoms with Crippen molar-refractivity contribution in [1.29, 1.82) is 0 Å². The smallest absolute Gasteiger partial charge is 0.148 e. The summed E-state index contributed by atoms with van der Waals surface area (Å²) in [6, 6.07) is 5.88. The topological polar surface area (TPSA) is 80.0 Å². The highest BCUT2D eigenvalue weighted by atomic mass is 32.1. The molecule has 0 unspecified atom stereocenters. The van der Waals surface area contributed by atoms with E-state index in [0.29, 0.717) is 6.54 Å². The summed E-state index contributed by atoms with van der Waals surface area (Å²) in [5.74, 6) is 5.37. The molecule has 0 aliphatic rings. The molecule has 2 aromatic rings. The van der Waals surface area contributed by atoms with E-state index in [1.165, 1.54) is 11.5 Å². The number of pyridine rings is 1. The lowest BCUT2D eigenvalue weighted by Gasteiger charge is -2.14. The second-order valence-corrected chi connectivity index (χ2v) is 4.44. The van der Waals surface area contributed by atoms with E-state index in [-0.39, 0.29) is 0 Å². The minimum atomic E-state index is 0.687. The summed E-state index contributed by atoms with van der Waals surface area (Å²) >= 11 is 1.26. The van der Waals surface area contributed by atoms with Gasteiger partial charge in [-0.05, 0) is 19.2 Å². The van der Waals surface area contributed by atoms with Crippen LogP contribution in [0.25, 0.3) is 0 Å². The van der Waals surface area contributed by atoms with Gasteiger partial charge in [0, 0.05) is 30.8 Å². The molecular formula is C10H14N6S. The molecule has 3 N–H and O–H groups in total. The van der Waals surface area contributed by atoms with Gasteiger partial charge in [-0.15, -0.1) is 5.10 Å². The molecule has 0 atom stereocenters. The highest BCUT2D eigenvalue weighted by Crippen LogP contribution is 2.17. The Hall–Kier alpha value is -1.57. The average Bonchev–Trinajstić information content (AvgIpc) is 2.77. The van der Waals surface area contributed by atoms with E-state index in [9.17, 15) is 0 Å². The van der Waals surface area contributed by atoms with Crippen molar-refractivity contribution in [1.82, 2.24) is 19.5 Å². The van der Waals surface area contributed by atoms with Crippen LogP contribution in [0.5, 0.6) is 0 Å². The summed E-state index contributed by atoms with van der Waals surface area (Å²) in [4.78, 5) is 6.39. The normalized spacial score (nSPS) is 10.8. The highest BCUT2D eigenvalue weighted by molar-refractivity contribution is 7.10. The number of nitrogens with one attached hydrogen (secondary N) is 1. The van der Waals surface area contributed by atoms with Crippen molar-refractivity contribution in [2.45, 2.75) is 13.1 Å². The molecule has 0 radical (unpaired) electrons. The van der Waals surface area contributed by atoms with Crippen LogP contribution in [0.15, 0.2) is 24.4 Å². The Morgan fingerprint density at radius 2 is 2.29 bits per heavy atom. The lowest BCUT2D eigenvalue weighted by atomic mass is 10.3. The summed E-state index contributed by atoms with van der Waals surface area (Å²) in [5, 5.41) is 4.84. The molecule has 0 aromatic carbocycles. The van der Waals surface area contributed by atoms with Crippen LogP contribution in [0.3, 0.4) is 0 Å². The maximum Gasteiger partial charge on any atom is 0.148 e. The van der Waals surface area contributed by atoms with E-state index >= 15 is 0 Å². The van der Waals surface area contributed by atoms with Crippen LogP contribution in [-0.2, 0) is 13.1 Å². The molecule has 90 valence electrons. The number of anilines is 1. The molecule has 0 aliphatic heterocycles. The van der Waals surface area contributed by atoms with Crippen LogP contribution in [0.2, 0.25) is 0 Å². The van der Waals surface area contributed by atoms with Gasteiger partial charge in [-0.1, -0.05) is 10.6 Å². The van der Waals surface area contributed by atoms with Gasteiger partial charge in [0.2, 0.25) is 0 Å². The predicted octanol–water partition coefficient (Wildman–Crippen LogP) is 0.851. The van der Waals surface area contributed by atoms with E-state index in [1.54, 1.807) is 6.20 Å². The Kier molecular flexibility index (Phi) is 3.97. The minimum absolute atomic E-state index is 0.687. The number of aromatic nitrogens is 3. The van der Waals surface area contributed by atoms with Crippen molar-refractivity contribution >= 4 is 16.5 Å². The van der Waals surface area contributed by atoms with Gasteiger partial charge < -0.3 is 5.43 Å². The van der Waals surface area contributed by atoms with Gasteiger partial charge in [-0.3, -0.25) is 9.88 Å². The Labute approximate surface area is 104 Å². The van der Waals surface area contributed by atoms with Crippen LogP contribution in [0, 0.1) is 0 Å². The first-order valence-corrected chi connectivity index (χ1v) is 5.93. The Balaban J connectivity index is 1.96. The molecule has 17 heavy (non-hydrogen) atoms. The second kappa shape index (κ2) is 5.67. The minimum Gasteiger partial charge on any atom is -0.313 e. The summed E-state index contributed by atoms with van der Waals surface area (Å²) in [6.07, 6.45) is 1.79. The number of hydrogen-bond donors (Lipinski definition) is 2. The fourth-order valence-corrected chi connectivity index (χ4v) is 1.99. The molecule has 0 saturated carbocycles. The summed E-state index contributed by atoms with van der Waals surface area (Å²) in [7, 11) is 2.01. The van der Waals surface area contributed by atoms with Crippen LogP contribution < -0.4 is 11.3 Å². The Morgan fingerprint density at radius 1 is 1.41 bits per heavy atom. The van der Waals surface area contributed by atoms with Crippen molar-refractivity contribution in [3.05, 3.63) is 35.8 Å². The van der Waals surface area contributed by atoms with Gasteiger partial charge in [0.1, 0.15) is 10.7 Å². The zero-order chi connectivity index (χ0) is 12.1. The van der Waals surface area contributed by atoms with Gasteiger partial charge >= 0.3 is 0 Å². The van der Waals surface area contributed by atoms with Crippen molar-refractivity contribution in [3.8, 4) is 0 Å². The second-order valence-electron chi connectivity index (χ2n) is 3.69. The number of hydrogen-bond acceptors (Lipinski definition) is 7. The van der Waals surface area contributed by atoms with Gasteiger partial charge in [-0.2, -0.15) is 0 Å². The fourth-order valence-electron chi connectivity index (χ4n) is 1.50. The molecule has 2 aromatic heterocycles. The highest BCUT2D eigenvalue weighted by Gasteiger charge is 2.10. The number of hydrazine groups is 1. The molecule has 6 nitrogen and oxygen atoms in total. The molecular weight excluding hydrogens is 236 g/mol. The van der Waals surface area contributed by atoms with Gasteiger partial charge in [0.15, 0.2) is 0 Å². The first kappa shape index (κ1) is 11.9. The van der Waals surface area contributed by atoms with Gasteiger partial charge in [-0.25, -0.2) is 5.84 Å². The molecule has 2 heterocycles. The van der Waals surface area contributed by atoms with Crippen LogP contribution >= 0.6 is 11.5 Å². The van der Waals surface area contributed by atoms with Gasteiger partial charge in [0.25, 0.3) is 0 Å². The van der Waals surface area contributed by atoms with E-state index in [0.717, 1.165) is 22.9 Å². The fraction of sp³-hybridized carbons (Fsp3) is 0.300. The van der Waals surface area contributed by atoms with E-state index in [1.807, 2.05) is 25.2 Å². The monoisotopic (exact) mass is 250 g/mol. The zero-order valence-corrected chi connectivity index (χ0v) is 10.3. The van der Waals surface area contributed by atoms with Crippen molar-refractivity contribution < 1.29 is 0 Å². The number of nitrogens with zero attached hydrogens (tertiary/aromatic N) is 4. The predicted molar refractivity (Wildman–Crippen MR) is 67.1 cm³/mol. The summed E-state index contributed by atoms with van der Waals surface area (Å²) < 4.78 is 3.86. The molecule has 0 aliphatic carbocycles. The molecule has 0 fully saturated rings. The maximum atomic E-state index is 5.37. The van der Waals surface area contributed by atoms with E-state index in [2.05, 4.69) is 24.9 Å². The number of nitrogens with two attached hydrogens (primary N) is 1. The van der Waals surface area contributed by atoms with Crippen molar-refractivity contribution in [2.24, 2.45) is 5.84 Å². The van der Waals surface area contributed by atoms with Gasteiger partial charge in [0.05, 0.1) is 5.69 Å². The first-order chi connectivity index (χ1) is 8.29. The average molecular weight is 250 g/mol. The van der Waals surface area contributed by atoms with Crippen LogP contribution in [0.4, 0.5) is 5.00 Å². The maximum absolute atomic E-state index is 5.37. The third kappa shape index (κ3) is 3.19. The molecule has 0 spiro atoms. The molecule has 0 bridgehead atoms. The Morgan fingerprint density at radius 3 is 3.00 bits per heavy atom. The molecule has 7 heteroatoms. The van der Waals surface area contributed by atoms with Crippen molar-refractivity contribution in [2.75, 3.05) is 12.5 Å². The first-order valence-electron chi connectivity index (χ1n) is 5.16. The Bertz CT molecular complexity index is 457. The van der Waals surface area contributed by atoms with Crippen molar-refractivity contribution in [3.63, 3.8) is 0 Å². The number of nitrogen functional groups attached to an aromatic ring is 1. The molecule has 2 rings (SSSR count). The molecule has 0 amide bonds. The number of rotatable bonds is 5. The third-order valence-corrected chi connectivity index (χ3v) is 2.96. The largest absolute Gasteiger partial charge is 0.313 e. The lowest BCUT2D eigenvalue weighted by molar-refractivity contribution is 0.311. The van der Waals surface area contributed by atoms with Crippen LogP contribution in [0.1, 0.15) is 11.4 Å². The standard InChI is InChI=1S/C10H14N6S/c1-16(6-8-4-2-3-5-12-8)7-9-10(13-11)17-15-14-9/h2-5,13H,6-7,11H2,1H3. The summed E-state index contributed by atoms with van der Waals surface area (Å²) in [6.45, 7) is 1.45. The van der Waals surface area contributed by atoms with E-state index < -0.39 is 0 Å².